The number of para-hydroxylation sites is 1. The smallest absolute Gasteiger partial charge is 0.254 e. The van der Waals surface area contributed by atoms with E-state index in [9.17, 15) is 4.79 Å². The lowest BCUT2D eigenvalue weighted by molar-refractivity contribution is -0.131. The van der Waals surface area contributed by atoms with Crippen molar-refractivity contribution >= 4 is 5.91 Å². The van der Waals surface area contributed by atoms with Crippen LogP contribution in [0.4, 0.5) is 0 Å². The molecule has 1 atom stereocenters. The van der Waals surface area contributed by atoms with Crippen molar-refractivity contribution in [2.24, 2.45) is 0 Å². The minimum absolute atomic E-state index is 0.172. The molecule has 2 rings (SSSR count). The highest BCUT2D eigenvalue weighted by Gasteiger charge is 2.19. The van der Waals surface area contributed by atoms with E-state index in [2.05, 4.69) is 5.32 Å². The highest BCUT2D eigenvalue weighted by Crippen LogP contribution is 2.19. The zero-order valence-electron chi connectivity index (χ0n) is 12.2. The molecule has 0 saturated carbocycles. The monoisotopic (exact) mass is 285 g/mol. The Morgan fingerprint density at radius 3 is 2.38 bits per heavy atom. The molecule has 4 heteroatoms. The number of carbonyl (C=O) groups is 1. The molecule has 0 radical (unpaired) electrons. The molecule has 0 fully saturated rings. The van der Waals surface area contributed by atoms with Gasteiger partial charge >= 0.3 is 0 Å². The quantitative estimate of drug-likeness (QED) is 0.887. The van der Waals surface area contributed by atoms with Gasteiger partial charge in [0.2, 0.25) is 0 Å². The van der Waals surface area contributed by atoms with Crippen LogP contribution in [0.3, 0.4) is 0 Å². The number of carbonyl (C=O) groups excluding carboxylic acids is 1. The van der Waals surface area contributed by atoms with E-state index in [0.717, 1.165) is 16.9 Å². The fourth-order valence-corrected chi connectivity index (χ4v) is 2.15. The summed E-state index contributed by atoms with van der Waals surface area (Å²) < 4.78 is 10.6. The molecule has 0 saturated heterocycles. The molecule has 0 aliphatic rings. The van der Waals surface area contributed by atoms with E-state index >= 15 is 0 Å². The largest absolute Gasteiger partial charge is 0.496 e. The number of ether oxygens (including phenoxy) is 2. The molecule has 1 unspecified atom stereocenters. The Hall–Kier alpha value is -2.33. The average Bonchev–Trinajstić information content (AvgIpc) is 2.55. The third-order valence-electron chi connectivity index (χ3n) is 3.22. The van der Waals surface area contributed by atoms with E-state index in [1.54, 1.807) is 7.11 Å². The van der Waals surface area contributed by atoms with Crippen molar-refractivity contribution in [3.8, 4) is 5.75 Å². The van der Waals surface area contributed by atoms with Crippen LogP contribution < -0.4 is 10.1 Å². The Bertz CT molecular complexity index is 584. The minimum atomic E-state index is -0.610. The van der Waals surface area contributed by atoms with Gasteiger partial charge < -0.3 is 14.8 Å². The lowest BCUT2D eigenvalue weighted by atomic mass is 10.1. The van der Waals surface area contributed by atoms with Gasteiger partial charge in [0.15, 0.2) is 6.10 Å². The standard InChI is InChI=1S/C17H19NO3/c1-20-15-11-7-6-10-14(15)12-18-17(19)16(21-2)13-8-4-3-5-9-13/h3-11,16H,12H2,1-2H3,(H,18,19). The van der Waals surface area contributed by atoms with Crippen LogP contribution in [0.25, 0.3) is 0 Å². The van der Waals surface area contributed by atoms with Gasteiger partial charge in [-0.3, -0.25) is 4.79 Å². The second-order valence-corrected chi connectivity index (χ2v) is 4.56. The number of hydrogen-bond acceptors (Lipinski definition) is 3. The molecule has 0 spiro atoms. The zero-order valence-corrected chi connectivity index (χ0v) is 12.2. The van der Waals surface area contributed by atoms with Crippen molar-refractivity contribution in [2.75, 3.05) is 14.2 Å². The lowest BCUT2D eigenvalue weighted by Crippen LogP contribution is -2.30. The van der Waals surface area contributed by atoms with Crippen molar-refractivity contribution < 1.29 is 14.3 Å². The molecule has 2 aromatic rings. The molecule has 1 amide bonds. The first-order valence-electron chi connectivity index (χ1n) is 6.73. The van der Waals surface area contributed by atoms with Crippen LogP contribution in [-0.2, 0) is 16.1 Å². The molecule has 110 valence electrons. The highest BCUT2D eigenvalue weighted by atomic mass is 16.5. The third-order valence-corrected chi connectivity index (χ3v) is 3.22. The fraction of sp³-hybridized carbons (Fsp3) is 0.235. The van der Waals surface area contributed by atoms with Crippen LogP contribution in [0.2, 0.25) is 0 Å². The first kappa shape index (κ1) is 15.1. The van der Waals surface area contributed by atoms with Crippen molar-refractivity contribution in [1.82, 2.24) is 5.32 Å². The van der Waals surface area contributed by atoms with E-state index in [1.807, 2.05) is 54.6 Å². The van der Waals surface area contributed by atoms with Gasteiger partial charge in [0.05, 0.1) is 7.11 Å². The molecule has 21 heavy (non-hydrogen) atoms. The van der Waals surface area contributed by atoms with Gasteiger partial charge in [0, 0.05) is 19.2 Å². The van der Waals surface area contributed by atoms with Gasteiger partial charge in [-0.1, -0.05) is 48.5 Å². The highest BCUT2D eigenvalue weighted by molar-refractivity contribution is 5.82. The summed E-state index contributed by atoms with van der Waals surface area (Å²) in [5, 5.41) is 2.88. The van der Waals surface area contributed by atoms with Gasteiger partial charge in [-0.25, -0.2) is 0 Å². The van der Waals surface area contributed by atoms with Gasteiger partial charge in [-0.05, 0) is 11.6 Å². The normalized spacial score (nSPS) is 11.7. The maximum absolute atomic E-state index is 12.3. The third kappa shape index (κ3) is 3.83. The van der Waals surface area contributed by atoms with Crippen molar-refractivity contribution in [2.45, 2.75) is 12.6 Å². The second kappa shape index (κ2) is 7.45. The lowest BCUT2D eigenvalue weighted by Gasteiger charge is -2.16. The first-order chi connectivity index (χ1) is 10.3. The number of methoxy groups -OCH3 is 2. The van der Waals surface area contributed by atoms with Crippen LogP contribution in [-0.4, -0.2) is 20.1 Å². The molecule has 1 N–H and O–H groups in total. The van der Waals surface area contributed by atoms with Crippen LogP contribution in [0.1, 0.15) is 17.2 Å². The Morgan fingerprint density at radius 2 is 1.71 bits per heavy atom. The van der Waals surface area contributed by atoms with Gasteiger partial charge in [-0.15, -0.1) is 0 Å². The molecule has 2 aromatic carbocycles. The summed E-state index contributed by atoms with van der Waals surface area (Å²) >= 11 is 0. The number of amides is 1. The molecule has 4 nitrogen and oxygen atoms in total. The van der Waals surface area contributed by atoms with Crippen LogP contribution in [0.15, 0.2) is 54.6 Å². The zero-order chi connectivity index (χ0) is 15.1. The van der Waals surface area contributed by atoms with E-state index in [-0.39, 0.29) is 5.91 Å². The Morgan fingerprint density at radius 1 is 1.05 bits per heavy atom. The predicted octanol–water partition coefficient (Wildman–Crippen LogP) is 2.70. The number of rotatable bonds is 6. The summed E-state index contributed by atoms with van der Waals surface area (Å²) in [7, 11) is 3.14. The topological polar surface area (TPSA) is 47.6 Å². The summed E-state index contributed by atoms with van der Waals surface area (Å²) in [5.74, 6) is 0.584. The fourth-order valence-electron chi connectivity index (χ4n) is 2.15. The summed E-state index contributed by atoms with van der Waals surface area (Å²) in [5.41, 5.74) is 1.76. The molecular weight excluding hydrogens is 266 g/mol. The molecule has 0 aliphatic carbocycles. The maximum Gasteiger partial charge on any atom is 0.254 e. The second-order valence-electron chi connectivity index (χ2n) is 4.56. The van der Waals surface area contributed by atoms with Crippen molar-refractivity contribution in [3.05, 3.63) is 65.7 Å². The Kier molecular flexibility index (Phi) is 5.35. The van der Waals surface area contributed by atoms with Crippen molar-refractivity contribution in [3.63, 3.8) is 0 Å². The van der Waals surface area contributed by atoms with Gasteiger partial charge in [0.25, 0.3) is 5.91 Å². The average molecular weight is 285 g/mol. The Labute approximate surface area is 124 Å². The number of benzene rings is 2. The SMILES string of the molecule is COc1ccccc1CNC(=O)C(OC)c1ccccc1. The maximum atomic E-state index is 12.3. The number of nitrogens with one attached hydrogen (secondary N) is 1. The molecule has 0 aromatic heterocycles. The van der Waals surface area contributed by atoms with Gasteiger partial charge in [0.1, 0.15) is 5.75 Å². The van der Waals surface area contributed by atoms with Crippen LogP contribution >= 0.6 is 0 Å². The summed E-state index contributed by atoms with van der Waals surface area (Å²) in [6, 6.07) is 17.0. The molecule has 0 heterocycles. The summed E-state index contributed by atoms with van der Waals surface area (Å²) in [6.45, 7) is 0.398. The number of hydrogen-bond donors (Lipinski definition) is 1. The van der Waals surface area contributed by atoms with E-state index in [0.29, 0.717) is 6.54 Å². The van der Waals surface area contributed by atoms with Gasteiger partial charge in [-0.2, -0.15) is 0 Å². The molecule has 0 aliphatic heterocycles. The Balaban J connectivity index is 2.03. The summed E-state index contributed by atoms with van der Waals surface area (Å²) in [4.78, 5) is 12.3. The van der Waals surface area contributed by atoms with E-state index < -0.39 is 6.10 Å². The molecule has 0 bridgehead atoms. The first-order valence-corrected chi connectivity index (χ1v) is 6.73. The van der Waals surface area contributed by atoms with Crippen LogP contribution in [0.5, 0.6) is 5.75 Å². The summed E-state index contributed by atoms with van der Waals surface area (Å²) in [6.07, 6.45) is -0.610. The van der Waals surface area contributed by atoms with E-state index in [1.165, 1.54) is 7.11 Å². The van der Waals surface area contributed by atoms with Crippen LogP contribution in [0, 0.1) is 0 Å². The predicted molar refractivity (Wildman–Crippen MR) is 81.0 cm³/mol. The van der Waals surface area contributed by atoms with E-state index in [4.69, 9.17) is 9.47 Å². The minimum Gasteiger partial charge on any atom is -0.496 e. The molecular formula is C17H19NO3. The van der Waals surface area contributed by atoms with Crippen molar-refractivity contribution in [1.29, 1.82) is 0 Å².